The van der Waals surface area contributed by atoms with Gasteiger partial charge in [0.05, 0.1) is 0 Å². The van der Waals surface area contributed by atoms with E-state index in [1.54, 1.807) is 0 Å². The maximum Gasteiger partial charge on any atom is 0.342 e. The Balaban J connectivity index is 3.05. The second-order valence-corrected chi connectivity index (χ2v) is 2.33. The number of hydrogen-bond donors (Lipinski definition) is 2. The van der Waals surface area contributed by atoms with Crippen molar-refractivity contribution in [2.45, 2.75) is 6.42 Å². The van der Waals surface area contributed by atoms with E-state index in [1.165, 1.54) is 6.21 Å². The normalized spacial score (nSPS) is 17.3. The minimum Gasteiger partial charge on any atom is -0.511 e. The summed E-state index contributed by atoms with van der Waals surface area (Å²) < 4.78 is 0. The molecule has 0 aromatic carbocycles. The Hall–Kier alpha value is -1.23. The summed E-state index contributed by atoms with van der Waals surface area (Å²) in [7, 11) is 0. The van der Waals surface area contributed by atoms with Crippen LogP contribution in [0.1, 0.15) is 6.42 Å². The molecule has 0 fully saturated rings. The van der Waals surface area contributed by atoms with Crippen LogP contribution < -0.4 is 0 Å². The van der Waals surface area contributed by atoms with Crippen LogP contribution in [0.4, 0.5) is 0 Å². The highest BCUT2D eigenvalue weighted by atomic mass is 32.1. The summed E-state index contributed by atoms with van der Waals surface area (Å²) in [6, 6.07) is 0. The molecule has 11 heavy (non-hydrogen) atoms. The van der Waals surface area contributed by atoms with Gasteiger partial charge in [0.2, 0.25) is 0 Å². The Morgan fingerprint density at radius 2 is 2.36 bits per heavy atom. The number of carbonyl (C=O) groups is 1. The number of nitrogens with zero attached hydrogens (tertiary/aromatic N) is 1. The first-order chi connectivity index (χ1) is 5.13. The number of rotatable bonds is 1. The number of aliphatic hydroxyl groups excluding tert-OH is 1. The van der Waals surface area contributed by atoms with Gasteiger partial charge in [-0.15, -0.1) is 0 Å². The van der Waals surface area contributed by atoms with Gasteiger partial charge in [0.25, 0.3) is 0 Å². The van der Waals surface area contributed by atoms with Crippen LogP contribution in [0.5, 0.6) is 0 Å². The van der Waals surface area contributed by atoms with E-state index in [4.69, 9.17) is 10.2 Å². The molecule has 0 radical (unpaired) electrons. The van der Waals surface area contributed by atoms with Crippen molar-refractivity contribution >= 4 is 29.4 Å². The summed E-state index contributed by atoms with van der Waals surface area (Å²) in [5, 5.41) is 17.5. The molecule has 0 aromatic rings. The molecule has 2 N–H and O–H groups in total. The molecular formula is C6H5NO3S. The molecule has 0 aromatic heterocycles. The third kappa shape index (κ3) is 1.43. The van der Waals surface area contributed by atoms with Crippen LogP contribution in [0, 0.1) is 0 Å². The summed E-state index contributed by atoms with van der Waals surface area (Å²) in [6.07, 6.45) is 1.52. The Morgan fingerprint density at radius 1 is 1.73 bits per heavy atom. The highest BCUT2D eigenvalue weighted by molar-refractivity contribution is 7.81. The van der Waals surface area contributed by atoms with Crippen LogP contribution in [0.3, 0.4) is 0 Å². The standard InChI is InChI=1S/C6H5NO3S/c8-3-1-2-7-5(11)4(3)6(9)10/h2,8H,1H2,(H,9,10). The number of allylic oxidation sites excluding steroid dienone is 1. The highest BCUT2D eigenvalue weighted by Crippen LogP contribution is 2.12. The third-order valence-electron chi connectivity index (χ3n) is 1.21. The summed E-state index contributed by atoms with van der Waals surface area (Å²) in [6.45, 7) is 0. The fourth-order valence-corrected chi connectivity index (χ4v) is 1.000. The first-order valence-corrected chi connectivity index (χ1v) is 3.26. The molecule has 0 saturated carbocycles. The van der Waals surface area contributed by atoms with Crippen molar-refractivity contribution in [1.29, 1.82) is 0 Å². The molecule has 0 saturated heterocycles. The molecule has 1 heterocycles. The van der Waals surface area contributed by atoms with Crippen LogP contribution in [-0.4, -0.2) is 27.4 Å². The zero-order valence-corrected chi connectivity index (χ0v) is 6.26. The number of thiocarbonyl (C=S) groups is 1. The zero-order chi connectivity index (χ0) is 8.43. The first kappa shape index (κ1) is 7.87. The van der Waals surface area contributed by atoms with E-state index in [-0.39, 0.29) is 22.7 Å². The van der Waals surface area contributed by atoms with E-state index in [1.807, 2.05) is 0 Å². The molecule has 0 aliphatic carbocycles. The van der Waals surface area contributed by atoms with Gasteiger partial charge in [0.1, 0.15) is 16.3 Å². The molecule has 58 valence electrons. The van der Waals surface area contributed by atoms with E-state index in [9.17, 15) is 4.79 Å². The van der Waals surface area contributed by atoms with Crippen LogP contribution >= 0.6 is 12.2 Å². The number of hydrogen-bond acceptors (Lipinski definition) is 3. The number of carboxylic acids is 1. The molecule has 5 heteroatoms. The highest BCUT2D eigenvalue weighted by Gasteiger charge is 2.20. The molecule has 0 spiro atoms. The van der Waals surface area contributed by atoms with E-state index in [0.717, 1.165) is 0 Å². The van der Waals surface area contributed by atoms with Gasteiger partial charge < -0.3 is 10.2 Å². The van der Waals surface area contributed by atoms with Crippen molar-refractivity contribution in [2.24, 2.45) is 4.99 Å². The maximum atomic E-state index is 10.4. The average molecular weight is 171 g/mol. The predicted molar refractivity (Wildman–Crippen MR) is 43.0 cm³/mol. The minimum absolute atomic E-state index is 0.0683. The molecular weight excluding hydrogens is 166 g/mol. The van der Waals surface area contributed by atoms with Crippen molar-refractivity contribution in [3.05, 3.63) is 11.3 Å². The summed E-state index contributed by atoms with van der Waals surface area (Å²) in [5.74, 6) is -1.46. The van der Waals surface area contributed by atoms with E-state index in [0.29, 0.717) is 0 Å². The third-order valence-corrected chi connectivity index (χ3v) is 1.52. The summed E-state index contributed by atoms with van der Waals surface area (Å²) in [4.78, 5) is 13.9. The largest absolute Gasteiger partial charge is 0.511 e. The summed E-state index contributed by atoms with van der Waals surface area (Å²) >= 11 is 4.58. The van der Waals surface area contributed by atoms with Crippen LogP contribution in [0.15, 0.2) is 16.3 Å². The van der Waals surface area contributed by atoms with Gasteiger partial charge in [0, 0.05) is 12.6 Å². The van der Waals surface area contributed by atoms with Crippen LogP contribution in [0.25, 0.3) is 0 Å². The average Bonchev–Trinajstić information content (AvgIpc) is 1.85. The molecule has 1 aliphatic rings. The van der Waals surface area contributed by atoms with Gasteiger partial charge >= 0.3 is 5.97 Å². The van der Waals surface area contributed by atoms with Crippen molar-refractivity contribution in [3.63, 3.8) is 0 Å². The second-order valence-electron chi connectivity index (χ2n) is 1.95. The molecule has 0 amide bonds. The maximum absolute atomic E-state index is 10.4. The van der Waals surface area contributed by atoms with Crippen LogP contribution in [-0.2, 0) is 4.79 Å². The molecule has 0 atom stereocenters. The molecule has 0 bridgehead atoms. The Labute approximate surface area is 67.9 Å². The molecule has 0 unspecified atom stereocenters. The fraction of sp³-hybridized carbons (Fsp3) is 0.167. The predicted octanol–water partition coefficient (Wildman–Crippen LogP) is 0.685. The number of aliphatic carboxylic acids is 1. The molecule has 1 rings (SSSR count). The van der Waals surface area contributed by atoms with Gasteiger partial charge in [-0.1, -0.05) is 12.2 Å². The monoisotopic (exact) mass is 171 g/mol. The fourth-order valence-electron chi connectivity index (χ4n) is 0.720. The van der Waals surface area contributed by atoms with Gasteiger partial charge in [-0.05, 0) is 0 Å². The number of dihydropyridines is 1. The Morgan fingerprint density at radius 3 is 2.73 bits per heavy atom. The first-order valence-electron chi connectivity index (χ1n) is 2.85. The lowest BCUT2D eigenvalue weighted by Gasteiger charge is -2.06. The smallest absolute Gasteiger partial charge is 0.342 e. The number of carboxylic acid groups (broad SMARTS) is 1. The number of aliphatic imine (C=N–C) groups is 1. The topological polar surface area (TPSA) is 69.9 Å². The van der Waals surface area contributed by atoms with Crippen molar-refractivity contribution < 1.29 is 15.0 Å². The van der Waals surface area contributed by atoms with Gasteiger partial charge in [0.15, 0.2) is 0 Å². The van der Waals surface area contributed by atoms with Crippen molar-refractivity contribution in [3.8, 4) is 0 Å². The molecule has 1 aliphatic heterocycles. The lowest BCUT2D eigenvalue weighted by molar-refractivity contribution is -0.132. The second kappa shape index (κ2) is 2.79. The minimum atomic E-state index is -1.23. The quantitative estimate of drug-likeness (QED) is 0.569. The van der Waals surface area contributed by atoms with E-state index >= 15 is 0 Å². The van der Waals surface area contributed by atoms with Gasteiger partial charge in [-0.25, -0.2) is 9.79 Å². The lowest BCUT2D eigenvalue weighted by atomic mass is 10.1. The SMILES string of the molecule is O=C(O)C1=C(O)CC=NC1=S. The van der Waals surface area contributed by atoms with E-state index in [2.05, 4.69) is 17.2 Å². The summed E-state index contributed by atoms with van der Waals surface area (Å²) in [5.41, 5.74) is -0.262. The van der Waals surface area contributed by atoms with Gasteiger partial charge in [-0.2, -0.15) is 0 Å². The van der Waals surface area contributed by atoms with Gasteiger partial charge in [-0.3, -0.25) is 0 Å². The molecule has 4 nitrogen and oxygen atoms in total. The van der Waals surface area contributed by atoms with Crippen molar-refractivity contribution in [1.82, 2.24) is 0 Å². The van der Waals surface area contributed by atoms with Crippen molar-refractivity contribution in [2.75, 3.05) is 0 Å². The van der Waals surface area contributed by atoms with Crippen LogP contribution in [0.2, 0.25) is 0 Å². The van der Waals surface area contributed by atoms with E-state index < -0.39 is 5.97 Å². The number of aliphatic hydroxyl groups is 1. The zero-order valence-electron chi connectivity index (χ0n) is 5.44. The lowest BCUT2D eigenvalue weighted by Crippen LogP contribution is -2.15. The Bertz CT molecular complexity index is 280. The Kier molecular flexibility index (Phi) is 2.00.